The van der Waals surface area contributed by atoms with Crippen LogP contribution in [-0.4, -0.2) is 77.6 Å². The summed E-state index contributed by atoms with van der Waals surface area (Å²) >= 11 is 0. The van der Waals surface area contributed by atoms with Gasteiger partial charge in [-0.3, -0.25) is 4.99 Å². The van der Waals surface area contributed by atoms with Crippen molar-refractivity contribution >= 4 is 5.96 Å². The van der Waals surface area contributed by atoms with E-state index in [9.17, 15) is 0 Å². The van der Waals surface area contributed by atoms with Crippen LogP contribution < -0.4 is 10.6 Å². The molecule has 0 aliphatic carbocycles. The molecule has 0 amide bonds. The number of nitrogens with one attached hydrogen (secondary N) is 2. The van der Waals surface area contributed by atoms with Gasteiger partial charge in [-0.2, -0.15) is 0 Å². The van der Waals surface area contributed by atoms with Gasteiger partial charge in [0.15, 0.2) is 5.96 Å². The first-order valence-electron chi connectivity index (χ1n) is 8.03. The quantitative estimate of drug-likeness (QED) is 0.370. The van der Waals surface area contributed by atoms with Crippen molar-refractivity contribution in [1.29, 1.82) is 0 Å². The number of nitrogens with zero attached hydrogens (tertiary/aromatic N) is 2. The van der Waals surface area contributed by atoms with Gasteiger partial charge in [-0.15, -0.1) is 0 Å². The van der Waals surface area contributed by atoms with Crippen molar-refractivity contribution in [2.24, 2.45) is 10.9 Å². The van der Waals surface area contributed by atoms with E-state index in [1.807, 2.05) is 14.0 Å². The molecule has 6 nitrogen and oxygen atoms in total. The molecular formula is C15H32N4O2. The Kier molecular flexibility index (Phi) is 10.2. The summed E-state index contributed by atoms with van der Waals surface area (Å²) in [6.45, 7) is 9.50. The average Bonchev–Trinajstić information content (AvgIpc) is 2.53. The number of rotatable bonds is 9. The van der Waals surface area contributed by atoms with Gasteiger partial charge in [0.25, 0.3) is 0 Å². The first-order valence-corrected chi connectivity index (χ1v) is 8.03. The molecule has 0 radical (unpaired) electrons. The first kappa shape index (κ1) is 18.2. The molecule has 0 aromatic heterocycles. The predicted molar refractivity (Wildman–Crippen MR) is 86.9 cm³/mol. The number of aliphatic imine (C=N–C) groups is 1. The van der Waals surface area contributed by atoms with Gasteiger partial charge in [0, 0.05) is 40.4 Å². The van der Waals surface area contributed by atoms with Crippen LogP contribution in [0.4, 0.5) is 0 Å². The molecule has 1 saturated heterocycles. The van der Waals surface area contributed by atoms with E-state index in [-0.39, 0.29) is 0 Å². The van der Waals surface area contributed by atoms with Crippen LogP contribution in [0.3, 0.4) is 0 Å². The highest BCUT2D eigenvalue weighted by atomic mass is 16.5. The van der Waals surface area contributed by atoms with E-state index < -0.39 is 0 Å². The van der Waals surface area contributed by atoms with Crippen molar-refractivity contribution in [3.63, 3.8) is 0 Å². The molecule has 0 atom stereocenters. The maximum atomic E-state index is 5.31. The molecule has 1 rings (SSSR count). The van der Waals surface area contributed by atoms with E-state index in [1.54, 1.807) is 7.11 Å². The molecule has 1 aliphatic rings. The minimum absolute atomic E-state index is 0.717. The third-order valence-electron chi connectivity index (χ3n) is 3.84. The Morgan fingerprint density at radius 3 is 2.62 bits per heavy atom. The van der Waals surface area contributed by atoms with Gasteiger partial charge in [-0.05, 0) is 38.8 Å². The second-order valence-electron chi connectivity index (χ2n) is 5.35. The summed E-state index contributed by atoms with van der Waals surface area (Å²) in [6.07, 6.45) is 2.49. The van der Waals surface area contributed by atoms with Crippen LogP contribution in [0.25, 0.3) is 0 Å². The van der Waals surface area contributed by atoms with Gasteiger partial charge < -0.3 is 25.0 Å². The zero-order valence-corrected chi connectivity index (χ0v) is 13.9. The molecule has 0 bridgehead atoms. The standard InChI is InChI=1S/C15H32N4O2/c1-4-21-11-7-17-15(16-2)18-13-14-5-8-19(9-6-14)10-12-20-3/h14H,4-13H2,1-3H3,(H2,16,17,18). The molecule has 0 aromatic carbocycles. The maximum absolute atomic E-state index is 5.31. The largest absolute Gasteiger partial charge is 0.383 e. The lowest BCUT2D eigenvalue weighted by Crippen LogP contribution is -2.44. The third kappa shape index (κ3) is 8.24. The molecule has 0 unspecified atom stereocenters. The lowest BCUT2D eigenvalue weighted by atomic mass is 9.97. The lowest BCUT2D eigenvalue weighted by Gasteiger charge is -2.32. The van der Waals surface area contributed by atoms with Gasteiger partial charge in [0.1, 0.15) is 0 Å². The second-order valence-corrected chi connectivity index (χ2v) is 5.35. The minimum atomic E-state index is 0.717. The molecule has 1 aliphatic heterocycles. The van der Waals surface area contributed by atoms with Crippen molar-refractivity contribution < 1.29 is 9.47 Å². The number of likely N-dealkylation sites (tertiary alicyclic amines) is 1. The molecule has 6 heteroatoms. The molecule has 21 heavy (non-hydrogen) atoms. The number of hydrogen-bond donors (Lipinski definition) is 2. The molecular weight excluding hydrogens is 268 g/mol. The van der Waals surface area contributed by atoms with Gasteiger partial charge in [0.2, 0.25) is 0 Å². The normalized spacial score (nSPS) is 18.0. The van der Waals surface area contributed by atoms with Crippen molar-refractivity contribution in [3.8, 4) is 0 Å². The highest BCUT2D eigenvalue weighted by molar-refractivity contribution is 5.79. The smallest absolute Gasteiger partial charge is 0.191 e. The maximum Gasteiger partial charge on any atom is 0.191 e. The van der Waals surface area contributed by atoms with Crippen molar-refractivity contribution in [2.45, 2.75) is 19.8 Å². The van der Waals surface area contributed by atoms with Crippen LogP contribution in [0.1, 0.15) is 19.8 Å². The number of methoxy groups -OCH3 is 1. The van der Waals surface area contributed by atoms with Crippen LogP contribution in [0.15, 0.2) is 4.99 Å². The average molecular weight is 300 g/mol. The molecule has 1 fully saturated rings. The Hall–Kier alpha value is -0.850. The van der Waals surface area contributed by atoms with E-state index >= 15 is 0 Å². The predicted octanol–water partition coefficient (Wildman–Crippen LogP) is 0.546. The van der Waals surface area contributed by atoms with E-state index in [1.165, 1.54) is 25.9 Å². The van der Waals surface area contributed by atoms with Crippen LogP contribution in [0.2, 0.25) is 0 Å². The van der Waals surface area contributed by atoms with Crippen LogP contribution in [0.5, 0.6) is 0 Å². The molecule has 0 spiro atoms. The van der Waals surface area contributed by atoms with Crippen LogP contribution in [0, 0.1) is 5.92 Å². The Morgan fingerprint density at radius 1 is 1.24 bits per heavy atom. The van der Waals surface area contributed by atoms with E-state index in [0.29, 0.717) is 0 Å². The monoisotopic (exact) mass is 300 g/mol. The Labute approximate surface area is 129 Å². The fourth-order valence-corrected chi connectivity index (χ4v) is 2.48. The SMILES string of the molecule is CCOCCNC(=NC)NCC1CCN(CCOC)CC1. The number of ether oxygens (including phenoxy) is 2. The van der Waals surface area contributed by atoms with Gasteiger partial charge in [0.05, 0.1) is 13.2 Å². The third-order valence-corrected chi connectivity index (χ3v) is 3.84. The molecule has 124 valence electrons. The summed E-state index contributed by atoms with van der Waals surface area (Å²) < 4.78 is 10.4. The number of hydrogen-bond acceptors (Lipinski definition) is 4. The summed E-state index contributed by atoms with van der Waals surface area (Å²) in [4.78, 5) is 6.72. The Balaban J connectivity index is 2.11. The highest BCUT2D eigenvalue weighted by Gasteiger charge is 2.18. The number of piperidine rings is 1. The summed E-state index contributed by atoms with van der Waals surface area (Å²) in [6, 6.07) is 0. The molecule has 0 saturated carbocycles. The highest BCUT2D eigenvalue weighted by Crippen LogP contribution is 2.15. The Bertz CT molecular complexity index is 279. The van der Waals surface area contributed by atoms with Crippen molar-refractivity contribution in [1.82, 2.24) is 15.5 Å². The van der Waals surface area contributed by atoms with E-state index in [0.717, 1.165) is 51.3 Å². The summed E-state index contributed by atoms with van der Waals surface area (Å²) in [5.41, 5.74) is 0. The van der Waals surface area contributed by atoms with E-state index in [2.05, 4.69) is 20.5 Å². The van der Waals surface area contributed by atoms with Crippen LogP contribution in [-0.2, 0) is 9.47 Å². The summed E-state index contributed by atoms with van der Waals surface area (Å²) in [5, 5.41) is 6.68. The second kappa shape index (κ2) is 11.8. The summed E-state index contributed by atoms with van der Waals surface area (Å²) in [5.74, 6) is 1.60. The van der Waals surface area contributed by atoms with E-state index in [4.69, 9.17) is 9.47 Å². The topological polar surface area (TPSA) is 58.1 Å². The summed E-state index contributed by atoms with van der Waals surface area (Å²) in [7, 11) is 3.57. The van der Waals surface area contributed by atoms with Crippen LogP contribution >= 0.6 is 0 Å². The minimum Gasteiger partial charge on any atom is -0.383 e. The molecule has 1 heterocycles. The zero-order chi connectivity index (χ0) is 15.3. The van der Waals surface area contributed by atoms with Gasteiger partial charge in [-0.25, -0.2) is 0 Å². The molecule has 2 N–H and O–H groups in total. The Morgan fingerprint density at radius 2 is 2.00 bits per heavy atom. The van der Waals surface area contributed by atoms with Crippen molar-refractivity contribution in [3.05, 3.63) is 0 Å². The first-order chi connectivity index (χ1) is 10.3. The van der Waals surface area contributed by atoms with Gasteiger partial charge >= 0.3 is 0 Å². The fraction of sp³-hybridized carbons (Fsp3) is 0.933. The molecule has 0 aromatic rings. The van der Waals surface area contributed by atoms with Gasteiger partial charge in [-0.1, -0.05) is 0 Å². The number of guanidine groups is 1. The zero-order valence-electron chi connectivity index (χ0n) is 13.9. The lowest BCUT2D eigenvalue weighted by molar-refractivity contribution is 0.120. The fourth-order valence-electron chi connectivity index (χ4n) is 2.48. The van der Waals surface area contributed by atoms with Crippen molar-refractivity contribution in [2.75, 3.05) is 66.7 Å².